The van der Waals surface area contributed by atoms with Gasteiger partial charge in [0.25, 0.3) is 0 Å². The number of aromatic nitrogens is 1. The quantitative estimate of drug-likeness (QED) is 0.776. The zero-order valence-corrected chi connectivity index (χ0v) is 10.3. The molecule has 18 heavy (non-hydrogen) atoms. The Morgan fingerprint density at radius 1 is 1.39 bits per heavy atom. The molecule has 3 heteroatoms. The van der Waals surface area contributed by atoms with Crippen LogP contribution in [0.1, 0.15) is 25.0 Å². The van der Waals surface area contributed by atoms with Crippen LogP contribution in [0.2, 0.25) is 0 Å². The number of carbonyl (C=O) groups is 1. The van der Waals surface area contributed by atoms with E-state index in [0.717, 1.165) is 17.5 Å². The number of esters is 1. The summed E-state index contributed by atoms with van der Waals surface area (Å²) in [5.74, 6) is 0.171. The van der Waals surface area contributed by atoms with Crippen LogP contribution in [0.5, 0.6) is 0 Å². The SMILES string of the molecule is CCOC(=O)C1CC1c1cc2ccccc2cn1. The monoisotopic (exact) mass is 241 g/mol. The molecule has 0 radical (unpaired) electrons. The molecule has 0 bridgehead atoms. The van der Waals surface area contributed by atoms with Gasteiger partial charge in [-0.05, 0) is 24.8 Å². The van der Waals surface area contributed by atoms with Crippen LogP contribution in [0.4, 0.5) is 0 Å². The minimum Gasteiger partial charge on any atom is -0.466 e. The maximum atomic E-state index is 11.6. The van der Waals surface area contributed by atoms with Crippen molar-refractivity contribution in [3.8, 4) is 0 Å². The van der Waals surface area contributed by atoms with Crippen molar-refractivity contribution in [2.45, 2.75) is 19.3 Å². The Kier molecular flexibility index (Phi) is 2.74. The van der Waals surface area contributed by atoms with Crippen LogP contribution in [0.15, 0.2) is 36.5 Å². The summed E-state index contributed by atoms with van der Waals surface area (Å²) in [6.07, 6.45) is 2.75. The molecular formula is C15H15NO2. The van der Waals surface area contributed by atoms with Crippen LogP contribution in [-0.4, -0.2) is 17.6 Å². The van der Waals surface area contributed by atoms with Crippen molar-refractivity contribution in [2.75, 3.05) is 6.61 Å². The summed E-state index contributed by atoms with van der Waals surface area (Å²) in [6.45, 7) is 2.29. The highest BCUT2D eigenvalue weighted by molar-refractivity contribution is 5.83. The smallest absolute Gasteiger partial charge is 0.309 e. The Morgan fingerprint density at radius 3 is 2.94 bits per heavy atom. The highest BCUT2D eigenvalue weighted by atomic mass is 16.5. The number of hydrogen-bond donors (Lipinski definition) is 0. The van der Waals surface area contributed by atoms with Crippen molar-refractivity contribution < 1.29 is 9.53 Å². The van der Waals surface area contributed by atoms with E-state index in [-0.39, 0.29) is 17.8 Å². The number of hydrogen-bond acceptors (Lipinski definition) is 3. The molecule has 0 N–H and O–H groups in total. The molecule has 1 heterocycles. The summed E-state index contributed by atoms with van der Waals surface area (Å²) in [4.78, 5) is 16.1. The molecule has 1 aromatic carbocycles. The summed E-state index contributed by atoms with van der Waals surface area (Å²) >= 11 is 0. The summed E-state index contributed by atoms with van der Waals surface area (Å²) in [7, 11) is 0. The molecule has 2 aromatic rings. The van der Waals surface area contributed by atoms with E-state index in [2.05, 4.69) is 17.1 Å². The summed E-state index contributed by atoms with van der Waals surface area (Å²) in [5, 5.41) is 2.31. The van der Waals surface area contributed by atoms with Gasteiger partial charge in [-0.15, -0.1) is 0 Å². The van der Waals surface area contributed by atoms with Gasteiger partial charge in [0, 0.05) is 23.2 Å². The van der Waals surface area contributed by atoms with Crippen molar-refractivity contribution in [3.05, 3.63) is 42.2 Å². The molecule has 1 saturated carbocycles. The Morgan fingerprint density at radius 2 is 2.17 bits per heavy atom. The second-order valence-corrected chi connectivity index (χ2v) is 4.66. The topological polar surface area (TPSA) is 39.2 Å². The van der Waals surface area contributed by atoms with Crippen molar-refractivity contribution >= 4 is 16.7 Å². The zero-order chi connectivity index (χ0) is 12.5. The maximum absolute atomic E-state index is 11.6. The van der Waals surface area contributed by atoms with Crippen LogP contribution < -0.4 is 0 Å². The fourth-order valence-electron chi connectivity index (χ4n) is 2.34. The summed E-state index contributed by atoms with van der Waals surface area (Å²) in [6, 6.07) is 10.2. The lowest BCUT2D eigenvalue weighted by Gasteiger charge is -2.03. The average molecular weight is 241 g/mol. The van der Waals surface area contributed by atoms with E-state index in [1.807, 2.05) is 31.3 Å². The van der Waals surface area contributed by atoms with E-state index >= 15 is 0 Å². The van der Waals surface area contributed by atoms with Gasteiger partial charge in [0.15, 0.2) is 0 Å². The largest absolute Gasteiger partial charge is 0.466 e. The highest BCUT2D eigenvalue weighted by Crippen LogP contribution is 2.47. The Labute approximate surface area is 106 Å². The Balaban J connectivity index is 1.82. The highest BCUT2D eigenvalue weighted by Gasteiger charge is 2.46. The zero-order valence-electron chi connectivity index (χ0n) is 10.3. The van der Waals surface area contributed by atoms with Crippen molar-refractivity contribution in [2.24, 2.45) is 5.92 Å². The molecule has 1 fully saturated rings. The Bertz CT molecular complexity index is 594. The third-order valence-electron chi connectivity index (χ3n) is 3.41. The summed E-state index contributed by atoms with van der Waals surface area (Å²) < 4.78 is 5.04. The number of fused-ring (bicyclic) bond motifs is 1. The molecule has 0 saturated heterocycles. The molecular weight excluding hydrogens is 226 g/mol. The number of benzene rings is 1. The molecule has 3 nitrogen and oxygen atoms in total. The standard InChI is InChI=1S/C15H15NO2/c1-2-18-15(17)13-8-12(13)14-7-10-5-3-4-6-11(10)9-16-14/h3-7,9,12-13H,2,8H2,1H3. The van der Waals surface area contributed by atoms with Crippen LogP contribution in [0.3, 0.4) is 0 Å². The van der Waals surface area contributed by atoms with Crippen LogP contribution in [-0.2, 0) is 9.53 Å². The molecule has 1 aromatic heterocycles. The van der Waals surface area contributed by atoms with Gasteiger partial charge in [-0.1, -0.05) is 24.3 Å². The molecule has 92 valence electrons. The van der Waals surface area contributed by atoms with Gasteiger partial charge in [-0.25, -0.2) is 0 Å². The van der Waals surface area contributed by atoms with E-state index in [1.165, 1.54) is 5.39 Å². The first kappa shape index (κ1) is 11.2. The van der Waals surface area contributed by atoms with E-state index in [4.69, 9.17) is 4.74 Å². The molecule has 1 aliphatic carbocycles. The van der Waals surface area contributed by atoms with Gasteiger partial charge in [0.1, 0.15) is 0 Å². The second kappa shape index (κ2) is 4.41. The second-order valence-electron chi connectivity index (χ2n) is 4.66. The van der Waals surface area contributed by atoms with Gasteiger partial charge < -0.3 is 4.74 Å². The predicted molar refractivity (Wildman–Crippen MR) is 69.2 cm³/mol. The molecule has 1 aliphatic rings. The van der Waals surface area contributed by atoms with Gasteiger partial charge in [-0.3, -0.25) is 9.78 Å². The van der Waals surface area contributed by atoms with Gasteiger partial charge in [0.2, 0.25) is 0 Å². The lowest BCUT2D eigenvalue weighted by atomic mass is 10.1. The fourth-order valence-corrected chi connectivity index (χ4v) is 2.34. The number of pyridine rings is 1. The Hall–Kier alpha value is -1.90. The van der Waals surface area contributed by atoms with Crippen LogP contribution >= 0.6 is 0 Å². The first-order chi connectivity index (χ1) is 8.79. The molecule has 2 atom stereocenters. The van der Waals surface area contributed by atoms with Crippen LogP contribution in [0.25, 0.3) is 10.8 Å². The first-order valence-corrected chi connectivity index (χ1v) is 6.31. The fraction of sp³-hybridized carbons (Fsp3) is 0.333. The molecule has 0 amide bonds. The van der Waals surface area contributed by atoms with Crippen LogP contribution in [0, 0.1) is 5.92 Å². The normalized spacial score (nSPS) is 21.8. The predicted octanol–water partition coefficient (Wildman–Crippen LogP) is 2.90. The van der Waals surface area contributed by atoms with Gasteiger partial charge >= 0.3 is 5.97 Å². The van der Waals surface area contributed by atoms with Crippen molar-refractivity contribution in [1.82, 2.24) is 4.98 Å². The average Bonchev–Trinajstić information content (AvgIpc) is 3.19. The van der Waals surface area contributed by atoms with E-state index in [1.54, 1.807) is 0 Å². The molecule has 0 aliphatic heterocycles. The minimum absolute atomic E-state index is 0.0126. The van der Waals surface area contributed by atoms with E-state index in [9.17, 15) is 4.79 Å². The number of rotatable bonds is 3. The minimum atomic E-state index is -0.0857. The van der Waals surface area contributed by atoms with Crippen molar-refractivity contribution in [3.63, 3.8) is 0 Å². The molecule has 3 rings (SSSR count). The van der Waals surface area contributed by atoms with Crippen molar-refractivity contribution in [1.29, 1.82) is 0 Å². The first-order valence-electron chi connectivity index (χ1n) is 6.31. The third-order valence-corrected chi connectivity index (χ3v) is 3.41. The lowest BCUT2D eigenvalue weighted by molar-refractivity contribution is -0.144. The van der Waals surface area contributed by atoms with Gasteiger partial charge in [-0.2, -0.15) is 0 Å². The molecule has 2 unspecified atom stereocenters. The lowest BCUT2D eigenvalue weighted by Crippen LogP contribution is -2.07. The van der Waals surface area contributed by atoms with Gasteiger partial charge in [0.05, 0.1) is 12.5 Å². The molecule has 0 spiro atoms. The van der Waals surface area contributed by atoms with E-state index in [0.29, 0.717) is 6.61 Å². The maximum Gasteiger partial charge on any atom is 0.309 e. The number of carbonyl (C=O) groups excluding carboxylic acids is 1. The number of ether oxygens (including phenoxy) is 1. The third kappa shape index (κ3) is 1.96. The van der Waals surface area contributed by atoms with E-state index < -0.39 is 0 Å². The summed E-state index contributed by atoms with van der Waals surface area (Å²) in [5.41, 5.74) is 1.01. The number of nitrogens with zero attached hydrogens (tertiary/aromatic N) is 1.